The van der Waals surface area contributed by atoms with Gasteiger partial charge >= 0.3 is 6.03 Å². The van der Waals surface area contributed by atoms with Crippen molar-refractivity contribution in [2.45, 2.75) is 0 Å². The minimum Gasteiger partial charge on any atom is -0.330 e. The molecule has 2 amide bonds. The van der Waals surface area contributed by atoms with E-state index in [2.05, 4.69) is 0 Å². The zero-order valence-corrected chi connectivity index (χ0v) is 6.82. The minimum absolute atomic E-state index is 0.0191. The molecule has 1 aliphatic heterocycles. The number of hydrogen-bond acceptors (Lipinski definition) is 1. The average molecular weight is 152 g/mol. The summed E-state index contributed by atoms with van der Waals surface area (Å²) in [7, 11) is 3.49. The average Bonchev–Trinajstić information content (AvgIpc) is 2.05. The van der Waals surface area contributed by atoms with Crippen molar-refractivity contribution in [2.24, 2.45) is 0 Å². The Bertz CT molecular complexity index is 206. The van der Waals surface area contributed by atoms with Crippen LogP contribution in [0.2, 0.25) is 0 Å². The van der Waals surface area contributed by atoms with Crippen molar-refractivity contribution in [2.75, 3.05) is 20.6 Å². The van der Waals surface area contributed by atoms with Crippen LogP contribution in [0.15, 0.2) is 24.4 Å². The van der Waals surface area contributed by atoms with E-state index < -0.39 is 0 Å². The molecule has 11 heavy (non-hydrogen) atoms. The molecule has 0 N–H and O–H groups in total. The fraction of sp³-hybridized carbons (Fsp3) is 0.375. The highest BCUT2D eigenvalue weighted by molar-refractivity contribution is 5.75. The third-order valence-electron chi connectivity index (χ3n) is 1.44. The maximum atomic E-state index is 11.3. The van der Waals surface area contributed by atoms with E-state index in [1.54, 1.807) is 30.1 Å². The quantitative estimate of drug-likeness (QED) is 0.509. The first-order chi connectivity index (χ1) is 5.22. The minimum atomic E-state index is 0.0191. The van der Waals surface area contributed by atoms with Crippen molar-refractivity contribution >= 4 is 6.03 Å². The molecule has 0 atom stereocenters. The summed E-state index contributed by atoms with van der Waals surface area (Å²) in [6.45, 7) is 0.674. The fourth-order valence-corrected chi connectivity index (χ4v) is 0.866. The molecule has 0 unspecified atom stereocenters. The summed E-state index contributed by atoms with van der Waals surface area (Å²) in [5, 5.41) is 0. The molecule has 60 valence electrons. The third kappa shape index (κ3) is 1.83. The van der Waals surface area contributed by atoms with Gasteiger partial charge in [0.1, 0.15) is 0 Å². The molecule has 0 aromatic carbocycles. The van der Waals surface area contributed by atoms with Gasteiger partial charge in [0.25, 0.3) is 0 Å². The Balaban J connectivity index is 2.55. The van der Waals surface area contributed by atoms with E-state index in [1.165, 1.54) is 0 Å². The molecule has 1 rings (SSSR count). The molecular weight excluding hydrogens is 140 g/mol. The smallest absolute Gasteiger partial charge is 0.323 e. The number of carbonyl (C=O) groups excluding carboxylic acids is 1. The molecule has 0 fully saturated rings. The molecule has 0 spiro atoms. The van der Waals surface area contributed by atoms with Crippen LogP contribution in [0.3, 0.4) is 0 Å². The van der Waals surface area contributed by atoms with Gasteiger partial charge in [0.15, 0.2) is 0 Å². The van der Waals surface area contributed by atoms with Gasteiger partial charge in [0, 0.05) is 26.8 Å². The number of nitrogens with zero attached hydrogens (tertiary/aromatic N) is 2. The zero-order chi connectivity index (χ0) is 8.27. The van der Waals surface area contributed by atoms with Gasteiger partial charge in [-0.1, -0.05) is 12.2 Å². The molecule has 0 aromatic rings. The number of allylic oxidation sites excluding steroid dienone is 2. The maximum absolute atomic E-state index is 11.3. The number of amides is 2. The second-order valence-electron chi connectivity index (χ2n) is 2.60. The maximum Gasteiger partial charge on any atom is 0.323 e. The molecule has 3 nitrogen and oxygen atoms in total. The van der Waals surface area contributed by atoms with Crippen LogP contribution in [0.25, 0.3) is 0 Å². The number of hydrogen-bond donors (Lipinski definition) is 0. The van der Waals surface area contributed by atoms with Crippen LogP contribution in [0.5, 0.6) is 0 Å². The number of rotatable bonds is 0. The van der Waals surface area contributed by atoms with E-state index in [-0.39, 0.29) is 6.03 Å². The second kappa shape index (κ2) is 3.23. The normalized spacial score (nSPS) is 15.3. The Morgan fingerprint density at radius 2 is 2.18 bits per heavy atom. The summed E-state index contributed by atoms with van der Waals surface area (Å²) in [6, 6.07) is 0.0191. The molecular formula is C8H12N2O. The highest BCUT2D eigenvalue weighted by atomic mass is 16.2. The van der Waals surface area contributed by atoms with Gasteiger partial charge in [-0.15, -0.1) is 0 Å². The van der Waals surface area contributed by atoms with Crippen LogP contribution >= 0.6 is 0 Å². The lowest BCUT2D eigenvalue weighted by atomic mass is 10.4. The standard InChI is InChI=1S/C8H12N2O/c1-9(2)8(11)10-6-4-3-5-7-10/h3-6H,7H2,1-2H3. The van der Waals surface area contributed by atoms with E-state index in [0.717, 1.165) is 0 Å². The largest absolute Gasteiger partial charge is 0.330 e. The summed E-state index contributed by atoms with van der Waals surface area (Å²) >= 11 is 0. The van der Waals surface area contributed by atoms with Crippen molar-refractivity contribution in [3.05, 3.63) is 24.4 Å². The van der Waals surface area contributed by atoms with Crippen molar-refractivity contribution < 1.29 is 4.79 Å². The van der Waals surface area contributed by atoms with E-state index in [1.807, 2.05) is 18.2 Å². The molecule has 0 saturated carbocycles. The predicted molar refractivity (Wildman–Crippen MR) is 44.1 cm³/mol. The highest BCUT2D eigenvalue weighted by Crippen LogP contribution is 2.00. The summed E-state index contributed by atoms with van der Waals surface area (Å²) in [4.78, 5) is 14.5. The molecule has 0 saturated heterocycles. The Kier molecular flexibility index (Phi) is 2.31. The van der Waals surface area contributed by atoms with Gasteiger partial charge in [-0.3, -0.25) is 4.90 Å². The SMILES string of the molecule is CN(C)C(=O)N1C=CC=CC1. The van der Waals surface area contributed by atoms with Gasteiger partial charge in [0.2, 0.25) is 0 Å². The first-order valence-electron chi connectivity index (χ1n) is 3.53. The van der Waals surface area contributed by atoms with E-state index in [4.69, 9.17) is 0 Å². The van der Waals surface area contributed by atoms with Gasteiger partial charge in [-0.05, 0) is 6.08 Å². The molecule has 0 aliphatic carbocycles. The zero-order valence-electron chi connectivity index (χ0n) is 6.82. The summed E-state index contributed by atoms with van der Waals surface area (Å²) < 4.78 is 0. The van der Waals surface area contributed by atoms with Gasteiger partial charge in [-0.25, -0.2) is 4.79 Å². The van der Waals surface area contributed by atoms with E-state index in [9.17, 15) is 4.79 Å². The van der Waals surface area contributed by atoms with Crippen LogP contribution in [0.1, 0.15) is 0 Å². The second-order valence-corrected chi connectivity index (χ2v) is 2.60. The Hall–Kier alpha value is -1.25. The first-order valence-corrected chi connectivity index (χ1v) is 3.53. The van der Waals surface area contributed by atoms with Crippen molar-refractivity contribution in [3.8, 4) is 0 Å². The lowest BCUT2D eigenvalue weighted by molar-refractivity contribution is 0.192. The van der Waals surface area contributed by atoms with Crippen molar-refractivity contribution in [1.82, 2.24) is 9.80 Å². The first kappa shape index (κ1) is 7.85. The Morgan fingerprint density at radius 3 is 2.64 bits per heavy atom. The fourth-order valence-electron chi connectivity index (χ4n) is 0.866. The summed E-state index contributed by atoms with van der Waals surface area (Å²) in [5.74, 6) is 0. The van der Waals surface area contributed by atoms with E-state index in [0.29, 0.717) is 6.54 Å². The molecule has 0 aromatic heterocycles. The van der Waals surface area contributed by atoms with Crippen molar-refractivity contribution in [3.63, 3.8) is 0 Å². The molecule has 0 radical (unpaired) electrons. The summed E-state index contributed by atoms with van der Waals surface area (Å²) in [6.07, 6.45) is 7.51. The summed E-state index contributed by atoms with van der Waals surface area (Å²) in [5.41, 5.74) is 0. The molecule has 1 aliphatic rings. The van der Waals surface area contributed by atoms with Crippen LogP contribution < -0.4 is 0 Å². The lowest BCUT2D eigenvalue weighted by Crippen LogP contribution is -2.36. The third-order valence-corrected chi connectivity index (χ3v) is 1.44. The molecule has 1 heterocycles. The van der Waals surface area contributed by atoms with Crippen LogP contribution in [-0.4, -0.2) is 36.5 Å². The monoisotopic (exact) mass is 152 g/mol. The highest BCUT2D eigenvalue weighted by Gasteiger charge is 2.11. The lowest BCUT2D eigenvalue weighted by Gasteiger charge is -2.22. The Labute approximate surface area is 66.6 Å². The van der Waals surface area contributed by atoms with Crippen molar-refractivity contribution in [1.29, 1.82) is 0 Å². The van der Waals surface area contributed by atoms with Gasteiger partial charge < -0.3 is 4.90 Å². The molecule has 3 heteroatoms. The van der Waals surface area contributed by atoms with Crippen LogP contribution in [0.4, 0.5) is 4.79 Å². The Morgan fingerprint density at radius 1 is 1.45 bits per heavy atom. The van der Waals surface area contributed by atoms with Gasteiger partial charge in [-0.2, -0.15) is 0 Å². The topological polar surface area (TPSA) is 23.6 Å². The van der Waals surface area contributed by atoms with E-state index >= 15 is 0 Å². The number of carbonyl (C=O) groups is 1. The van der Waals surface area contributed by atoms with Gasteiger partial charge in [0.05, 0.1) is 0 Å². The molecule has 0 bridgehead atoms. The predicted octanol–water partition coefficient (Wildman–Crippen LogP) is 1.05. The van der Waals surface area contributed by atoms with Crippen LogP contribution in [-0.2, 0) is 0 Å². The number of urea groups is 1. The van der Waals surface area contributed by atoms with Crippen LogP contribution in [0, 0.1) is 0 Å².